The molecule has 0 heterocycles. The van der Waals surface area contributed by atoms with Crippen molar-refractivity contribution in [2.45, 2.75) is 53.0 Å². The van der Waals surface area contributed by atoms with Crippen molar-refractivity contribution in [3.05, 3.63) is 48.6 Å². The van der Waals surface area contributed by atoms with Gasteiger partial charge in [-0.3, -0.25) is 4.90 Å². The van der Waals surface area contributed by atoms with Gasteiger partial charge < -0.3 is 0 Å². The topological polar surface area (TPSA) is 3.24 Å². The molecule has 0 aromatic heterocycles. The Hall–Kier alpha value is -1.08. The van der Waals surface area contributed by atoms with Crippen molar-refractivity contribution in [2.24, 2.45) is 0 Å². The largest absolute Gasteiger partial charge is 0.299 e. The fourth-order valence-corrected chi connectivity index (χ4v) is 1.87. The first-order valence-electron chi connectivity index (χ1n) is 7.61. The van der Waals surface area contributed by atoms with Crippen LogP contribution in [-0.4, -0.2) is 18.0 Å². The molecule has 0 atom stereocenters. The van der Waals surface area contributed by atoms with Crippen molar-refractivity contribution in [1.82, 2.24) is 4.90 Å². The molecule has 0 aliphatic rings. The number of nitrogens with zero attached hydrogens (tertiary/aromatic N) is 1. The van der Waals surface area contributed by atoms with Gasteiger partial charge in [-0.05, 0) is 38.4 Å². The lowest BCUT2D eigenvalue weighted by atomic mass is 10.2. The van der Waals surface area contributed by atoms with Crippen LogP contribution in [0.3, 0.4) is 0 Å². The molecular weight excluding hydrogens is 230 g/mol. The molecule has 108 valence electrons. The molecule has 0 fully saturated rings. The third kappa shape index (κ3) is 10.5. The van der Waals surface area contributed by atoms with Gasteiger partial charge in [0.1, 0.15) is 0 Å². The summed E-state index contributed by atoms with van der Waals surface area (Å²) in [5.41, 5.74) is 1.44. The van der Waals surface area contributed by atoms with E-state index in [0.717, 1.165) is 6.54 Å². The summed E-state index contributed by atoms with van der Waals surface area (Å²) in [6, 6.07) is 10.8. The zero-order chi connectivity index (χ0) is 14.3. The van der Waals surface area contributed by atoms with E-state index in [1.54, 1.807) is 6.08 Å². The molecular formula is C18H31N. The van der Waals surface area contributed by atoms with Crippen LogP contribution in [0.5, 0.6) is 0 Å². The van der Waals surface area contributed by atoms with Crippen LogP contribution < -0.4 is 0 Å². The Morgan fingerprint density at radius 2 is 1.47 bits per heavy atom. The normalized spacial score (nSPS) is 9.89. The van der Waals surface area contributed by atoms with E-state index in [9.17, 15) is 0 Å². The van der Waals surface area contributed by atoms with Crippen LogP contribution in [0, 0.1) is 0 Å². The maximum Gasteiger partial charge on any atom is 0.0233 e. The van der Waals surface area contributed by atoms with Gasteiger partial charge in [0.05, 0.1) is 0 Å². The second-order valence-electron chi connectivity index (χ2n) is 4.88. The standard InChI is InChI=1S/C15H25N.C3H6/c1-3-5-12-16(13-6-4-2)14-15-10-8-7-9-11-15;1-3-2/h7-11H,3-6,12-14H2,1-2H3;3H,1H2,2H3. The number of unbranched alkanes of at least 4 members (excludes halogenated alkanes) is 2. The van der Waals surface area contributed by atoms with Crippen molar-refractivity contribution in [3.8, 4) is 0 Å². The van der Waals surface area contributed by atoms with Crippen LogP contribution in [0.2, 0.25) is 0 Å². The van der Waals surface area contributed by atoms with Crippen molar-refractivity contribution in [2.75, 3.05) is 13.1 Å². The molecule has 0 saturated carbocycles. The summed E-state index contributed by atoms with van der Waals surface area (Å²) in [7, 11) is 0. The highest BCUT2D eigenvalue weighted by molar-refractivity contribution is 5.14. The third-order valence-corrected chi connectivity index (χ3v) is 2.90. The SMILES string of the molecule is C=CC.CCCCN(CCCC)Cc1ccccc1. The minimum Gasteiger partial charge on any atom is -0.299 e. The molecule has 0 N–H and O–H groups in total. The van der Waals surface area contributed by atoms with E-state index >= 15 is 0 Å². The maximum atomic E-state index is 3.36. The predicted octanol–water partition coefficient (Wildman–Crippen LogP) is 5.28. The lowest BCUT2D eigenvalue weighted by molar-refractivity contribution is 0.257. The molecule has 0 aliphatic carbocycles. The van der Waals surface area contributed by atoms with E-state index in [1.165, 1.54) is 44.3 Å². The summed E-state index contributed by atoms with van der Waals surface area (Å²) in [5.74, 6) is 0. The molecule has 0 amide bonds. The maximum absolute atomic E-state index is 3.36. The first kappa shape index (κ1) is 17.9. The summed E-state index contributed by atoms with van der Waals surface area (Å²) in [6.07, 6.45) is 6.96. The molecule has 1 nitrogen and oxygen atoms in total. The molecule has 0 spiro atoms. The zero-order valence-electron chi connectivity index (χ0n) is 13.1. The fourth-order valence-electron chi connectivity index (χ4n) is 1.87. The Bertz CT molecular complexity index is 284. The lowest BCUT2D eigenvalue weighted by Crippen LogP contribution is -2.25. The van der Waals surface area contributed by atoms with E-state index in [4.69, 9.17) is 0 Å². The number of hydrogen-bond acceptors (Lipinski definition) is 1. The summed E-state index contributed by atoms with van der Waals surface area (Å²) in [5, 5.41) is 0. The van der Waals surface area contributed by atoms with E-state index in [2.05, 4.69) is 55.7 Å². The summed E-state index contributed by atoms with van der Waals surface area (Å²) in [6.45, 7) is 13.4. The van der Waals surface area contributed by atoms with Gasteiger partial charge in [-0.2, -0.15) is 0 Å². The van der Waals surface area contributed by atoms with Gasteiger partial charge in [0, 0.05) is 6.54 Å². The highest BCUT2D eigenvalue weighted by atomic mass is 15.1. The molecule has 0 saturated heterocycles. The second-order valence-corrected chi connectivity index (χ2v) is 4.88. The highest BCUT2D eigenvalue weighted by Crippen LogP contribution is 2.07. The molecule has 19 heavy (non-hydrogen) atoms. The van der Waals surface area contributed by atoms with Crippen molar-refractivity contribution in [1.29, 1.82) is 0 Å². The molecule has 1 aromatic rings. The average Bonchev–Trinajstić information content (AvgIpc) is 2.44. The summed E-state index contributed by atoms with van der Waals surface area (Å²) >= 11 is 0. The smallest absolute Gasteiger partial charge is 0.0233 e. The van der Waals surface area contributed by atoms with Crippen LogP contribution >= 0.6 is 0 Å². The van der Waals surface area contributed by atoms with Crippen LogP contribution in [0.25, 0.3) is 0 Å². The third-order valence-electron chi connectivity index (χ3n) is 2.90. The molecule has 0 aliphatic heterocycles. The van der Waals surface area contributed by atoms with Crippen LogP contribution in [0.4, 0.5) is 0 Å². The zero-order valence-corrected chi connectivity index (χ0v) is 13.1. The Labute approximate surface area is 120 Å². The molecule has 1 rings (SSSR count). The molecule has 0 bridgehead atoms. The summed E-state index contributed by atoms with van der Waals surface area (Å²) in [4.78, 5) is 2.59. The van der Waals surface area contributed by atoms with E-state index in [1.807, 2.05) is 6.92 Å². The van der Waals surface area contributed by atoms with Gasteiger partial charge >= 0.3 is 0 Å². The second kappa shape index (κ2) is 13.4. The minimum absolute atomic E-state index is 1.11. The quantitative estimate of drug-likeness (QED) is 0.575. The number of allylic oxidation sites excluding steroid dienone is 1. The average molecular weight is 261 g/mol. The first-order valence-corrected chi connectivity index (χ1v) is 7.61. The first-order chi connectivity index (χ1) is 9.28. The van der Waals surface area contributed by atoms with E-state index in [0.29, 0.717) is 0 Å². The number of hydrogen-bond donors (Lipinski definition) is 0. The van der Waals surface area contributed by atoms with Crippen molar-refractivity contribution in [3.63, 3.8) is 0 Å². The van der Waals surface area contributed by atoms with E-state index < -0.39 is 0 Å². The Morgan fingerprint density at radius 3 is 1.89 bits per heavy atom. The van der Waals surface area contributed by atoms with Gasteiger partial charge in [-0.25, -0.2) is 0 Å². The van der Waals surface area contributed by atoms with Crippen LogP contribution in [0.1, 0.15) is 52.0 Å². The van der Waals surface area contributed by atoms with Crippen molar-refractivity contribution >= 4 is 0 Å². The molecule has 1 heteroatoms. The van der Waals surface area contributed by atoms with Gasteiger partial charge in [0.2, 0.25) is 0 Å². The van der Waals surface area contributed by atoms with Crippen molar-refractivity contribution < 1.29 is 0 Å². The lowest BCUT2D eigenvalue weighted by Gasteiger charge is -2.21. The minimum atomic E-state index is 1.11. The number of benzene rings is 1. The summed E-state index contributed by atoms with van der Waals surface area (Å²) < 4.78 is 0. The van der Waals surface area contributed by atoms with E-state index in [-0.39, 0.29) is 0 Å². The fraction of sp³-hybridized carbons (Fsp3) is 0.556. The van der Waals surface area contributed by atoms with Crippen LogP contribution in [0.15, 0.2) is 43.0 Å². The molecule has 1 aromatic carbocycles. The Balaban J connectivity index is 0.000000982. The Morgan fingerprint density at radius 1 is 1.00 bits per heavy atom. The predicted molar refractivity (Wildman–Crippen MR) is 87.4 cm³/mol. The monoisotopic (exact) mass is 261 g/mol. The van der Waals surface area contributed by atoms with Gasteiger partial charge in [-0.1, -0.05) is 63.1 Å². The molecule has 0 radical (unpaired) electrons. The highest BCUT2D eigenvalue weighted by Gasteiger charge is 2.04. The number of rotatable bonds is 8. The van der Waals surface area contributed by atoms with Gasteiger partial charge in [0.25, 0.3) is 0 Å². The molecule has 0 unspecified atom stereocenters. The van der Waals surface area contributed by atoms with Crippen LogP contribution in [-0.2, 0) is 6.54 Å². The van der Waals surface area contributed by atoms with Gasteiger partial charge in [-0.15, -0.1) is 6.58 Å². The Kier molecular flexibility index (Phi) is 12.6. The van der Waals surface area contributed by atoms with Gasteiger partial charge in [0.15, 0.2) is 0 Å².